The summed E-state index contributed by atoms with van der Waals surface area (Å²) in [7, 11) is 0. The van der Waals surface area contributed by atoms with Crippen LogP contribution >= 0.6 is 0 Å². The van der Waals surface area contributed by atoms with Crippen molar-refractivity contribution >= 4 is 11.8 Å². The second kappa shape index (κ2) is 10.4. The zero-order valence-electron chi connectivity index (χ0n) is 15.7. The Labute approximate surface area is 158 Å². The van der Waals surface area contributed by atoms with Gasteiger partial charge in [-0.15, -0.1) is 0 Å². The number of halogens is 1. The third kappa shape index (κ3) is 6.77. The van der Waals surface area contributed by atoms with E-state index in [0.717, 1.165) is 24.1 Å². The standard InChI is InChI=1S/C20H25FN4O2/c1-3-4-10-25(20(27)18-14-22-15(2)12-23-18)11-9-19(26)24-13-16-5-7-17(21)8-6-16/h5-8,12,14H,3-4,9-11,13H2,1-2H3,(H,24,26). The Morgan fingerprint density at radius 1 is 1.11 bits per heavy atom. The monoisotopic (exact) mass is 372 g/mol. The van der Waals surface area contributed by atoms with Crippen molar-refractivity contribution in [3.63, 3.8) is 0 Å². The fraction of sp³-hybridized carbons (Fsp3) is 0.400. The molecule has 2 aromatic rings. The number of rotatable bonds is 9. The number of hydrogen-bond donors (Lipinski definition) is 1. The van der Waals surface area contributed by atoms with Crippen molar-refractivity contribution in [2.24, 2.45) is 0 Å². The van der Waals surface area contributed by atoms with E-state index < -0.39 is 0 Å². The van der Waals surface area contributed by atoms with Crippen LogP contribution in [0.4, 0.5) is 4.39 Å². The summed E-state index contributed by atoms with van der Waals surface area (Å²) in [5.41, 5.74) is 1.84. The van der Waals surface area contributed by atoms with Crippen molar-refractivity contribution < 1.29 is 14.0 Å². The van der Waals surface area contributed by atoms with Crippen molar-refractivity contribution in [2.75, 3.05) is 13.1 Å². The topological polar surface area (TPSA) is 75.2 Å². The Kier molecular flexibility index (Phi) is 7.85. The minimum Gasteiger partial charge on any atom is -0.352 e. The molecule has 1 N–H and O–H groups in total. The van der Waals surface area contributed by atoms with Crippen molar-refractivity contribution in [2.45, 2.75) is 39.7 Å². The number of carbonyl (C=O) groups excluding carboxylic acids is 2. The van der Waals surface area contributed by atoms with Crippen LogP contribution in [0.1, 0.15) is 47.9 Å². The second-order valence-electron chi connectivity index (χ2n) is 6.34. The minimum absolute atomic E-state index is 0.163. The molecule has 0 unspecified atom stereocenters. The normalized spacial score (nSPS) is 10.5. The molecule has 6 nitrogen and oxygen atoms in total. The van der Waals surface area contributed by atoms with Gasteiger partial charge in [0.15, 0.2) is 0 Å². The Morgan fingerprint density at radius 3 is 2.48 bits per heavy atom. The molecule has 1 aromatic carbocycles. The lowest BCUT2D eigenvalue weighted by molar-refractivity contribution is -0.121. The number of amides is 2. The van der Waals surface area contributed by atoms with Gasteiger partial charge in [0.25, 0.3) is 5.91 Å². The van der Waals surface area contributed by atoms with Gasteiger partial charge >= 0.3 is 0 Å². The van der Waals surface area contributed by atoms with Gasteiger partial charge in [0.2, 0.25) is 5.91 Å². The number of hydrogen-bond acceptors (Lipinski definition) is 4. The zero-order chi connectivity index (χ0) is 19.6. The molecule has 144 valence electrons. The summed E-state index contributed by atoms with van der Waals surface area (Å²) in [6.45, 7) is 5.05. The molecular formula is C20H25FN4O2. The summed E-state index contributed by atoms with van der Waals surface area (Å²) in [6.07, 6.45) is 5.00. The van der Waals surface area contributed by atoms with Gasteiger partial charge in [-0.25, -0.2) is 9.37 Å². The Hall–Kier alpha value is -2.83. The van der Waals surface area contributed by atoms with E-state index >= 15 is 0 Å². The highest BCUT2D eigenvalue weighted by Crippen LogP contribution is 2.06. The quantitative estimate of drug-likeness (QED) is 0.734. The molecule has 0 radical (unpaired) electrons. The van der Waals surface area contributed by atoms with E-state index in [2.05, 4.69) is 15.3 Å². The van der Waals surface area contributed by atoms with Crippen LogP contribution in [0, 0.1) is 12.7 Å². The lowest BCUT2D eigenvalue weighted by atomic mass is 10.2. The molecule has 0 fully saturated rings. The Bertz CT molecular complexity index is 748. The lowest BCUT2D eigenvalue weighted by Gasteiger charge is -2.22. The Morgan fingerprint density at radius 2 is 1.85 bits per heavy atom. The maximum absolute atomic E-state index is 12.9. The van der Waals surface area contributed by atoms with Gasteiger partial charge in [-0.1, -0.05) is 25.5 Å². The average molecular weight is 372 g/mol. The van der Waals surface area contributed by atoms with E-state index in [1.807, 2.05) is 13.8 Å². The van der Waals surface area contributed by atoms with Crippen LogP contribution in [0.15, 0.2) is 36.7 Å². The molecule has 0 aliphatic carbocycles. The molecule has 1 aromatic heterocycles. The number of nitrogens with zero attached hydrogens (tertiary/aromatic N) is 3. The maximum Gasteiger partial charge on any atom is 0.274 e. The first-order valence-electron chi connectivity index (χ1n) is 9.08. The van der Waals surface area contributed by atoms with Gasteiger partial charge in [0.05, 0.1) is 11.9 Å². The molecule has 0 saturated carbocycles. The van der Waals surface area contributed by atoms with E-state index in [4.69, 9.17) is 0 Å². The van der Waals surface area contributed by atoms with E-state index in [0.29, 0.717) is 19.6 Å². The molecule has 0 aliphatic rings. The van der Waals surface area contributed by atoms with E-state index in [1.165, 1.54) is 18.3 Å². The molecule has 7 heteroatoms. The summed E-state index contributed by atoms with van der Waals surface area (Å²) in [5, 5.41) is 2.79. The van der Waals surface area contributed by atoms with E-state index in [9.17, 15) is 14.0 Å². The lowest BCUT2D eigenvalue weighted by Crippen LogP contribution is -2.36. The highest BCUT2D eigenvalue weighted by atomic mass is 19.1. The predicted octanol–water partition coefficient (Wildman–Crippen LogP) is 2.87. The van der Waals surface area contributed by atoms with Crippen LogP contribution in [0.5, 0.6) is 0 Å². The molecule has 0 aliphatic heterocycles. The summed E-state index contributed by atoms with van der Waals surface area (Å²) < 4.78 is 12.9. The van der Waals surface area contributed by atoms with Crippen LogP contribution < -0.4 is 5.32 Å². The number of nitrogens with one attached hydrogen (secondary N) is 1. The van der Waals surface area contributed by atoms with Gasteiger partial charge in [0.1, 0.15) is 11.5 Å². The summed E-state index contributed by atoms with van der Waals surface area (Å²) >= 11 is 0. The molecular weight excluding hydrogens is 347 g/mol. The summed E-state index contributed by atoms with van der Waals surface area (Å²) in [4.78, 5) is 34.6. The SMILES string of the molecule is CCCCN(CCC(=O)NCc1ccc(F)cc1)C(=O)c1cnc(C)cn1. The third-order valence-corrected chi connectivity index (χ3v) is 4.08. The molecule has 27 heavy (non-hydrogen) atoms. The predicted molar refractivity (Wildman–Crippen MR) is 100 cm³/mol. The van der Waals surface area contributed by atoms with E-state index in [1.54, 1.807) is 23.2 Å². The van der Waals surface area contributed by atoms with Crippen LogP contribution in [-0.2, 0) is 11.3 Å². The highest BCUT2D eigenvalue weighted by Gasteiger charge is 2.18. The molecule has 2 rings (SSSR count). The van der Waals surface area contributed by atoms with Gasteiger partial charge in [-0.3, -0.25) is 14.6 Å². The number of unbranched alkanes of at least 4 members (excludes halogenated alkanes) is 1. The summed E-state index contributed by atoms with van der Waals surface area (Å²) in [5.74, 6) is -0.694. The molecule has 0 saturated heterocycles. The number of aryl methyl sites for hydroxylation is 1. The van der Waals surface area contributed by atoms with Crippen molar-refractivity contribution in [3.8, 4) is 0 Å². The Balaban J connectivity index is 1.88. The first-order chi connectivity index (χ1) is 13.0. The fourth-order valence-electron chi connectivity index (χ4n) is 2.46. The smallest absolute Gasteiger partial charge is 0.274 e. The molecule has 0 atom stereocenters. The molecule has 2 amide bonds. The average Bonchev–Trinajstić information content (AvgIpc) is 2.67. The van der Waals surface area contributed by atoms with Gasteiger partial charge in [-0.05, 0) is 31.0 Å². The van der Waals surface area contributed by atoms with E-state index in [-0.39, 0.29) is 29.7 Å². The van der Waals surface area contributed by atoms with Crippen LogP contribution in [0.2, 0.25) is 0 Å². The fourth-order valence-corrected chi connectivity index (χ4v) is 2.46. The van der Waals surface area contributed by atoms with Gasteiger partial charge in [0, 0.05) is 32.3 Å². The molecule has 1 heterocycles. The van der Waals surface area contributed by atoms with Crippen molar-refractivity contribution in [1.29, 1.82) is 0 Å². The van der Waals surface area contributed by atoms with Crippen molar-refractivity contribution in [3.05, 3.63) is 59.4 Å². The van der Waals surface area contributed by atoms with Gasteiger partial charge in [-0.2, -0.15) is 0 Å². The first-order valence-corrected chi connectivity index (χ1v) is 9.08. The zero-order valence-corrected chi connectivity index (χ0v) is 15.7. The van der Waals surface area contributed by atoms with Crippen LogP contribution in [0.25, 0.3) is 0 Å². The highest BCUT2D eigenvalue weighted by molar-refractivity contribution is 5.92. The largest absolute Gasteiger partial charge is 0.352 e. The van der Waals surface area contributed by atoms with Crippen LogP contribution in [0.3, 0.4) is 0 Å². The number of carbonyl (C=O) groups is 2. The van der Waals surface area contributed by atoms with Gasteiger partial charge < -0.3 is 10.2 Å². The van der Waals surface area contributed by atoms with Crippen molar-refractivity contribution in [1.82, 2.24) is 20.2 Å². The summed E-state index contributed by atoms with van der Waals surface area (Å²) in [6, 6.07) is 5.97. The molecule has 0 spiro atoms. The number of benzene rings is 1. The second-order valence-corrected chi connectivity index (χ2v) is 6.34. The molecule has 0 bridgehead atoms. The number of aromatic nitrogens is 2. The first kappa shape index (κ1) is 20.5. The minimum atomic E-state index is -0.311. The van der Waals surface area contributed by atoms with Crippen LogP contribution in [-0.4, -0.2) is 39.8 Å². The third-order valence-electron chi connectivity index (χ3n) is 4.08. The maximum atomic E-state index is 12.9.